The number of aromatic nitrogens is 1. The Morgan fingerprint density at radius 2 is 1.66 bits per heavy atom. The lowest BCUT2D eigenvalue weighted by molar-refractivity contribution is -0.131. The van der Waals surface area contributed by atoms with Crippen LogP contribution in [-0.4, -0.2) is 47.9 Å². The number of amides is 1. The van der Waals surface area contributed by atoms with E-state index in [1.54, 1.807) is 24.3 Å². The van der Waals surface area contributed by atoms with Crippen LogP contribution in [0.25, 0.3) is 10.9 Å². The molecule has 0 N–H and O–H groups in total. The van der Waals surface area contributed by atoms with Crippen molar-refractivity contribution in [3.8, 4) is 5.75 Å². The standard InChI is InChI=1S/C23H23N3O3/c1-16-15-22(24-21-6-4-3-5-20(16)21)25-11-13-26(14-12-25)23(28)18-7-9-19(10-8-18)29-17(2)27/h3-10,15H,11-14H2,1-2H3. The number of para-hydroxylation sites is 1. The number of carbonyl (C=O) groups is 2. The summed E-state index contributed by atoms with van der Waals surface area (Å²) in [6, 6.07) is 17.0. The van der Waals surface area contributed by atoms with Gasteiger partial charge in [-0.3, -0.25) is 9.59 Å². The minimum absolute atomic E-state index is 0.0123. The van der Waals surface area contributed by atoms with Gasteiger partial charge in [-0.2, -0.15) is 0 Å². The smallest absolute Gasteiger partial charge is 0.308 e. The molecule has 0 spiro atoms. The van der Waals surface area contributed by atoms with Gasteiger partial charge in [0.05, 0.1) is 5.52 Å². The highest BCUT2D eigenvalue weighted by atomic mass is 16.5. The Kier molecular flexibility index (Phi) is 5.16. The Bertz CT molecular complexity index is 1050. The molecule has 6 heteroatoms. The molecule has 1 aromatic heterocycles. The zero-order chi connectivity index (χ0) is 20.4. The van der Waals surface area contributed by atoms with Crippen LogP contribution >= 0.6 is 0 Å². The van der Waals surface area contributed by atoms with E-state index in [0.717, 1.165) is 24.4 Å². The van der Waals surface area contributed by atoms with Crippen molar-refractivity contribution in [1.82, 2.24) is 9.88 Å². The van der Waals surface area contributed by atoms with Crippen LogP contribution in [0.3, 0.4) is 0 Å². The molecule has 0 unspecified atom stereocenters. The molecule has 6 nitrogen and oxygen atoms in total. The third kappa shape index (κ3) is 4.06. The van der Waals surface area contributed by atoms with Gasteiger partial charge in [0.1, 0.15) is 11.6 Å². The number of esters is 1. The summed E-state index contributed by atoms with van der Waals surface area (Å²) in [6.45, 7) is 6.21. The van der Waals surface area contributed by atoms with E-state index in [2.05, 4.69) is 24.0 Å². The number of carbonyl (C=O) groups excluding carboxylic acids is 2. The van der Waals surface area contributed by atoms with Crippen molar-refractivity contribution >= 4 is 28.6 Å². The third-order valence-corrected chi connectivity index (χ3v) is 5.16. The van der Waals surface area contributed by atoms with Crippen molar-refractivity contribution < 1.29 is 14.3 Å². The summed E-state index contributed by atoms with van der Waals surface area (Å²) in [4.78, 5) is 32.7. The van der Waals surface area contributed by atoms with Crippen LogP contribution in [0, 0.1) is 6.92 Å². The van der Waals surface area contributed by atoms with Gasteiger partial charge in [-0.25, -0.2) is 4.98 Å². The van der Waals surface area contributed by atoms with Crippen LogP contribution in [0.1, 0.15) is 22.8 Å². The van der Waals surface area contributed by atoms with Gasteiger partial charge in [0.25, 0.3) is 5.91 Å². The molecule has 0 bridgehead atoms. The maximum Gasteiger partial charge on any atom is 0.308 e. The van der Waals surface area contributed by atoms with Crippen molar-refractivity contribution in [3.05, 3.63) is 65.7 Å². The number of anilines is 1. The van der Waals surface area contributed by atoms with Crippen LogP contribution < -0.4 is 9.64 Å². The van der Waals surface area contributed by atoms with E-state index in [0.29, 0.717) is 24.4 Å². The lowest BCUT2D eigenvalue weighted by Crippen LogP contribution is -2.49. The third-order valence-electron chi connectivity index (χ3n) is 5.16. The first-order chi connectivity index (χ1) is 14.0. The topological polar surface area (TPSA) is 62.7 Å². The molecule has 3 aromatic rings. The maximum atomic E-state index is 12.8. The Hall–Kier alpha value is -3.41. The van der Waals surface area contributed by atoms with Crippen molar-refractivity contribution in [1.29, 1.82) is 0 Å². The first-order valence-electron chi connectivity index (χ1n) is 9.70. The summed E-state index contributed by atoms with van der Waals surface area (Å²) >= 11 is 0. The van der Waals surface area contributed by atoms with Crippen LogP contribution in [0.2, 0.25) is 0 Å². The normalized spacial score (nSPS) is 14.1. The molecular formula is C23H23N3O3. The van der Waals surface area contributed by atoms with Gasteiger partial charge in [-0.1, -0.05) is 18.2 Å². The fourth-order valence-corrected chi connectivity index (χ4v) is 3.65. The molecule has 1 aliphatic rings. The van der Waals surface area contributed by atoms with Crippen LogP contribution in [0.5, 0.6) is 5.75 Å². The molecule has 0 aliphatic carbocycles. The number of pyridine rings is 1. The lowest BCUT2D eigenvalue weighted by atomic mass is 10.1. The first-order valence-corrected chi connectivity index (χ1v) is 9.70. The fraction of sp³-hybridized carbons (Fsp3) is 0.261. The Morgan fingerprint density at radius 3 is 2.34 bits per heavy atom. The van der Waals surface area contributed by atoms with Gasteiger partial charge in [0.2, 0.25) is 0 Å². The highest BCUT2D eigenvalue weighted by Crippen LogP contribution is 2.23. The predicted molar refractivity (Wildman–Crippen MR) is 112 cm³/mol. The number of aryl methyl sites for hydroxylation is 1. The highest BCUT2D eigenvalue weighted by Gasteiger charge is 2.23. The quantitative estimate of drug-likeness (QED) is 0.507. The molecule has 1 aliphatic heterocycles. The van der Waals surface area contributed by atoms with Gasteiger partial charge in [0, 0.05) is 44.1 Å². The second kappa shape index (κ2) is 7.91. The lowest BCUT2D eigenvalue weighted by Gasteiger charge is -2.35. The molecule has 2 heterocycles. The van der Waals surface area contributed by atoms with E-state index < -0.39 is 0 Å². The van der Waals surface area contributed by atoms with E-state index in [9.17, 15) is 9.59 Å². The first kappa shape index (κ1) is 18.9. The van der Waals surface area contributed by atoms with E-state index in [1.165, 1.54) is 17.9 Å². The number of benzene rings is 2. The molecule has 0 atom stereocenters. The number of fused-ring (bicyclic) bond motifs is 1. The molecule has 148 valence electrons. The number of hydrogen-bond donors (Lipinski definition) is 0. The van der Waals surface area contributed by atoms with Crippen molar-refractivity contribution in [2.45, 2.75) is 13.8 Å². The Balaban J connectivity index is 1.42. The molecule has 2 aromatic carbocycles. The van der Waals surface area contributed by atoms with Crippen molar-refractivity contribution in [2.24, 2.45) is 0 Å². The number of rotatable bonds is 3. The minimum Gasteiger partial charge on any atom is -0.427 e. The highest BCUT2D eigenvalue weighted by molar-refractivity contribution is 5.94. The molecule has 0 saturated carbocycles. The minimum atomic E-state index is -0.377. The SMILES string of the molecule is CC(=O)Oc1ccc(C(=O)N2CCN(c3cc(C)c4ccccc4n3)CC2)cc1. The Labute approximate surface area is 169 Å². The molecule has 1 amide bonds. The molecule has 29 heavy (non-hydrogen) atoms. The van der Waals surface area contributed by atoms with Gasteiger partial charge in [-0.15, -0.1) is 0 Å². The number of hydrogen-bond acceptors (Lipinski definition) is 5. The largest absolute Gasteiger partial charge is 0.427 e. The zero-order valence-corrected chi connectivity index (χ0v) is 16.6. The van der Waals surface area contributed by atoms with Crippen LogP contribution in [0.4, 0.5) is 5.82 Å². The number of piperazine rings is 1. The van der Waals surface area contributed by atoms with Gasteiger partial charge in [0.15, 0.2) is 0 Å². The summed E-state index contributed by atoms with van der Waals surface area (Å²) < 4.78 is 5.02. The molecule has 1 saturated heterocycles. The van der Waals surface area contributed by atoms with Crippen LogP contribution in [0.15, 0.2) is 54.6 Å². The molecule has 0 radical (unpaired) electrons. The number of nitrogens with zero attached hydrogens (tertiary/aromatic N) is 3. The van der Waals surface area contributed by atoms with Gasteiger partial charge in [-0.05, 0) is 48.9 Å². The second-order valence-corrected chi connectivity index (χ2v) is 7.21. The average molecular weight is 389 g/mol. The van der Waals surface area contributed by atoms with E-state index in [-0.39, 0.29) is 11.9 Å². The summed E-state index contributed by atoms with van der Waals surface area (Å²) in [5, 5.41) is 1.17. The summed E-state index contributed by atoms with van der Waals surface area (Å²) in [5.41, 5.74) is 2.79. The van der Waals surface area contributed by atoms with E-state index in [4.69, 9.17) is 9.72 Å². The summed E-state index contributed by atoms with van der Waals surface area (Å²) in [6.07, 6.45) is 0. The predicted octanol–water partition coefficient (Wildman–Crippen LogP) is 3.43. The summed E-state index contributed by atoms with van der Waals surface area (Å²) in [7, 11) is 0. The monoisotopic (exact) mass is 389 g/mol. The number of ether oxygens (including phenoxy) is 1. The summed E-state index contributed by atoms with van der Waals surface area (Å²) in [5.74, 6) is 1.01. The van der Waals surface area contributed by atoms with Crippen LogP contribution in [-0.2, 0) is 4.79 Å². The average Bonchev–Trinajstić information content (AvgIpc) is 2.73. The Morgan fingerprint density at radius 1 is 0.966 bits per heavy atom. The van der Waals surface area contributed by atoms with E-state index >= 15 is 0 Å². The van der Waals surface area contributed by atoms with Gasteiger partial charge < -0.3 is 14.5 Å². The van der Waals surface area contributed by atoms with Crippen molar-refractivity contribution in [2.75, 3.05) is 31.1 Å². The van der Waals surface area contributed by atoms with E-state index in [1.807, 2.05) is 23.1 Å². The molecule has 4 rings (SSSR count). The molecule has 1 fully saturated rings. The zero-order valence-electron chi connectivity index (χ0n) is 16.6. The van der Waals surface area contributed by atoms with Crippen molar-refractivity contribution in [3.63, 3.8) is 0 Å². The fourth-order valence-electron chi connectivity index (χ4n) is 3.65. The second-order valence-electron chi connectivity index (χ2n) is 7.21. The molecular weight excluding hydrogens is 366 g/mol. The van der Waals surface area contributed by atoms with Gasteiger partial charge >= 0.3 is 5.97 Å². The maximum absolute atomic E-state index is 12.8.